The second-order valence-corrected chi connectivity index (χ2v) is 6.51. The predicted octanol–water partition coefficient (Wildman–Crippen LogP) is 2.69. The number of pyridine rings is 1. The van der Waals surface area contributed by atoms with Gasteiger partial charge in [-0.1, -0.05) is 5.16 Å². The third-order valence-electron chi connectivity index (χ3n) is 4.24. The Hall–Kier alpha value is -2.68. The molecule has 3 aromatic heterocycles. The summed E-state index contributed by atoms with van der Waals surface area (Å²) in [7, 11) is 0. The Bertz CT molecular complexity index is 860. The molecular weight excluding hydrogens is 345 g/mol. The SMILES string of the molecule is O=C(c1cscn1)N1CCC(F)(c2nc(-c3ccncc3)no2)CC1. The van der Waals surface area contributed by atoms with E-state index in [4.69, 9.17) is 4.52 Å². The molecule has 0 aromatic carbocycles. The number of halogens is 1. The zero-order valence-electron chi connectivity index (χ0n) is 13.1. The topological polar surface area (TPSA) is 85.0 Å². The van der Waals surface area contributed by atoms with E-state index in [1.165, 1.54) is 11.3 Å². The Morgan fingerprint density at radius 3 is 2.72 bits per heavy atom. The van der Waals surface area contributed by atoms with Gasteiger partial charge in [-0.25, -0.2) is 9.37 Å². The molecule has 0 atom stereocenters. The zero-order chi connectivity index (χ0) is 17.3. The summed E-state index contributed by atoms with van der Waals surface area (Å²) >= 11 is 1.36. The van der Waals surface area contributed by atoms with Crippen LogP contribution in [0, 0.1) is 0 Å². The molecule has 4 rings (SSSR count). The van der Waals surface area contributed by atoms with E-state index < -0.39 is 5.67 Å². The molecule has 1 aliphatic rings. The van der Waals surface area contributed by atoms with Crippen LogP contribution in [0.3, 0.4) is 0 Å². The number of hydrogen-bond acceptors (Lipinski definition) is 7. The molecule has 0 aliphatic carbocycles. The number of likely N-dealkylation sites (tertiary alicyclic amines) is 1. The molecule has 0 N–H and O–H groups in total. The number of carbonyl (C=O) groups excluding carboxylic acids is 1. The number of hydrogen-bond donors (Lipinski definition) is 0. The van der Waals surface area contributed by atoms with Crippen LogP contribution in [0.15, 0.2) is 39.9 Å². The van der Waals surface area contributed by atoms with Gasteiger partial charge in [-0.3, -0.25) is 9.78 Å². The highest BCUT2D eigenvalue weighted by atomic mass is 32.1. The van der Waals surface area contributed by atoms with E-state index in [-0.39, 0.29) is 37.7 Å². The second kappa shape index (κ2) is 6.32. The van der Waals surface area contributed by atoms with Gasteiger partial charge in [0.1, 0.15) is 5.69 Å². The van der Waals surface area contributed by atoms with Crippen molar-refractivity contribution in [3.63, 3.8) is 0 Å². The van der Waals surface area contributed by atoms with Crippen molar-refractivity contribution in [3.8, 4) is 11.4 Å². The van der Waals surface area contributed by atoms with Gasteiger partial charge in [0.2, 0.25) is 5.82 Å². The van der Waals surface area contributed by atoms with Gasteiger partial charge in [0.25, 0.3) is 11.8 Å². The maximum absolute atomic E-state index is 15.3. The Morgan fingerprint density at radius 1 is 1.28 bits per heavy atom. The van der Waals surface area contributed by atoms with Crippen LogP contribution in [0.25, 0.3) is 11.4 Å². The summed E-state index contributed by atoms with van der Waals surface area (Å²) in [6.45, 7) is 0.555. The first-order valence-corrected chi connectivity index (χ1v) is 8.71. The van der Waals surface area contributed by atoms with E-state index in [0.29, 0.717) is 17.1 Å². The van der Waals surface area contributed by atoms with Crippen LogP contribution in [0.1, 0.15) is 29.2 Å². The highest BCUT2D eigenvalue weighted by Crippen LogP contribution is 2.37. The first-order valence-electron chi connectivity index (χ1n) is 7.77. The molecule has 25 heavy (non-hydrogen) atoms. The normalized spacial score (nSPS) is 16.8. The molecule has 0 bridgehead atoms. The fraction of sp³-hybridized carbons (Fsp3) is 0.312. The monoisotopic (exact) mass is 359 g/mol. The molecule has 0 saturated carbocycles. The summed E-state index contributed by atoms with van der Waals surface area (Å²) in [5.41, 5.74) is 0.992. The average molecular weight is 359 g/mol. The van der Waals surface area contributed by atoms with Crippen molar-refractivity contribution in [2.75, 3.05) is 13.1 Å². The van der Waals surface area contributed by atoms with Gasteiger partial charge in [-0.2, -0.15) is 4.98 Å². The molecule has 1 saturated heterocycles. The lowest BCUT2D eigenvalue weighted by molar-refractivity contribution is 0.0246. The number of aromatic nitrogens is 4. The molecule has 0 spiro atoms. The van der Waals surface area contributed by atoms with E-state index in [9.17, 15) is 4.79 Å². The highest BCUT2D eigenvalue weighted by Gasteiger charge is 2.42. The standard InChI is InChI=1S/C16H14FN5O2S/c17-16(15-20-13(21-24-15)11-1-5-18-6-2-11)3-7-22(8-4-16)14(23)12-9-25-10-19-12/h1-2,5-6,9-10H,3-4,7-8H2. The van der Waals surface area contributed by atoms with Crippen molar-refractivity contribution in [2.24, 2.45) is 0 Å². The number of alkyl halides is 1. The van der Waals surface area contributed by atoms with Crippen LogP contribution in [-0.2, 0) is 5.67 Å². The lowest BCUT2D eigenvalue weighted by Gasteiger charge is -2.33. The van der Waals surface area contributed by atoms with Gasteiger partial charge in [0.15, 0.2) is 5.67 Å². The maximum atomic E-state index is 15.3. The Kier molecular flexibility index (Phi) is 4.00. The van der Waals surface area contributed by atoms with Gasteiger partial charge >= 0.3 is 0 Å². The lowest BCUT2D eigenvalue weighted by atomic mass is 9.93. The minimum absolute atomic E-state index is 0.0416. The van der Waals surface area contributed by atoms with Crippen LogP contribution >= 0.6 is 11.3 Å². The summed E-state index contributed by atoms with van der Waals surface area (Å²) in [5.74, 6) is 0.113. The summed E-state index contributed by atoms with van der Waals surface area (Å²) in [5, 5.41) is 5.55. The minimum atomic E-state index is -1.73. The molecule has 1 aliphatic heterocycles. The predicted molar refractivity (Wildman–Crippen MR) is 87.6 cm³/mol. The number of nitrogens with zero attached hydrogens (tertiary/aromatic N) is 5. The molecule has 7 nitrogen and oxygen atoms in total. The first-order chi connectivity index (χ1) is 12.2. The Labute approximate surface area is 146 Å². The summed E-state index contributed by atoms with van der Waals surface area (Å²) < 4.78 is 20.4. The van der Waals surface area contributed by atoms with E-state index in [1.807, 2.05) is 0 Å². The van der Waals surface area contributed by atoms with Gasteiger partial charge in [-0.05, 0) is 12.1 Å². The Morgan fingerprint density at radius 2 is 2.04 bits per heavy atom. The Balaban J connectivity index is 1.47. The van der Waals surface area contributed by atoms with Gasteiger partial charge in [0.05, 0.1) is 5.51 Å². The fourth-order valence-corrected chi connectivity index (χ4v) is 3.31. The maximum Gasteiger partial charge on any atom is 0.273 e. The van der Waals surface area contributed by atoms with Crippen molar-refractivity contribution < 1.29 is 13.7 Å². The van der Waals surface area contributed by atoms with E-state index >= 15 is 4.39 Å². The minimum Gasteiger partial charge on any atom is -0.337 e. The molecular formula is C16H14FN5O2S. The van der Waals surface area contributed by atoms with Crippen molar-refractivity contribution >= 4 is 17.2 Å². The molecule has 0 unspecified atom stereocenters. The van der Waals surface area contributed by atoms with Gasteiger partial charge in [-0.15, -0.1) is 11.3 Å². The van der Waals surface area contributed by atoms with Crippen molar-refractivity contribution in [1.82, 2.24) is 25.0 Å². The zero-order valence-corrected chi connectivity index (χ0v) is 13.9. The summed E-state index contributed by atoms with van der Waals surface area (Å²) in [6.07, 6.45) is 3.44. The number of carbonyl (C=O) groups is 1. The second-order valence-electron chi connectivity index (χ2n) is 5.79. The number of thiazole rings is 1. The fourth-order valence-electron chi connectivity index (χ4n) is 2.78. The number of amides is 1. The first kappa shape index (κ1) is 15.8. The number of piperidine rings is 1. The smallest absolute Gasteiger partial charge is 0.273 e. The van der Waals surface area contributed by atoms with E-state index in [0.717, 1.165) is 0 Å². The highest BCUT2D eigenvalue weighted by molar-refractivity contribution is 7.07. The largest absolute Gasteiger partial charge is 0.337 e. The summed E-state index contributed by atoms with van der Waals surface area (Å²) in [6, 6.07) is 3.46. The van der Waals surface area contributed by atoms with Crippen molar-refractivity contribution in [3.05, 3.63) is 47.0 Å². The van der Waals surface area contributed by atoms with Crippen LogP contribution in [0.2, 0.25) is 0 Å². The molecule has 1 amide bonds. The van der Waals surface area contributed by atoms with E-state index in [2.05, 4.69) is 20.1 Å². The molecule has 0 radical (unpaired) electrons. The van der Waals surface area contributed by atoms with Crippen LogP contribution in [0.4, 0.5) is 4.39 Å². The average Bonchev–Trinajstić information content (AvgIpc) is 3.35. The molecule has 1 fully saturated rings. The van der Waals surface area contributed by atoms with E-state index in [1.54, 1.807) is 40.3 Å². The third-order valence-corrected chi connectivity index (χ3v) is 4.83. The molecule has 4 heterocycles. The van der Waals surface area contributed by atoms with Crippen LogP contribution in [0.5, 0.6) is 0 Å². The quantitative estimate of drug-likeness (QED) is 0.715. The van der Waals surface area contributed by atoms with Crippen LogP contribution in [-0.4, -0.2) is 44.0 Å². The molecule has 9 heteroatoms. The van der Waals surface area contributed by atoms with Crippen LogP contribution < -0.4 is 0 Å². The molecule has 128 valence electrons. The van der Waals surface area contributed by atoms with Crippen molar-refractivity contribution in [1.29, 1.82) is 0 Å². The lowest BCUT2D eigenvalue weighted by Crippen LogP contribution is -2.43. The third kappa shape index (κ3) is 3.02. The summed E-state index contributed by atoms with van der Waals surface area (Å²) in [4.78, 5) is 26.0. The van der Waals surface area contributed by atoms with Crippen molar-refractivity contribution in [2.45, 2.75) is 18.5 Å². The number of rotatable bonds is 3. The van der Waals surface area contributed by atoms with Gasteiger partial charge < -0.3 is 9.42 Å². The molecule has 3 aromatic rings. The van der Waals surface area contributed by atoms with Gasteiger partial charge in [0, 0.05) is 49.3 Å².